The molecule has 0 aromatic carbocycles. The van der Waals surface area contributed by atoms with Crippen molar-refractivity contribution in [3.05, 3.63) is 0 Å². The fourth-order valence-electron chi connectivity index (χ4n) is 3.02. The van der Waals surface area contributed by atoms with Crippen molar-refractivity contribution in [1.29, 1.82) is 0 Å². The maximum absolute atomic E-state index is 3.66. The second-order valence-corrected chi connectivity index (χ2v) is 7.37. The van der Waals surface area contributed by atoms with Gasteiger partial charge >= 0.3 is 0 Å². The summed E-state index contributed by atoms with van der Waals surface area (Å²) in [6.07, 6.45) is 3.77. The molecule has 0 spiro atoms. The highest BCUT2D eigenvalue weighted by atomic mass is 15.1. The van der Waals surface area contributed by atoms with E-state index in [1.807, 2.05) is 0 Å². The lowest BCUT2D eigenvalue weighted by atomic mass is 9.81. The maximum atomic E-state index is 3.66. The molecule has 0 aliphatic heterocycles. The van der Waals surface area contributed by atoms with E-state index < -0.39 is 0 Å². The SMILES string of the molecule is CCCNCC(CC)(CC)CN(CC(C)C)CC(C)C. The van der Waals surface area contributed by atoms with Crippen LogP contribution in [0.4, 0.5) is 0 Å². The summed E-state index contributed by atoms with van der Waals surface area (Å²) in [6, 6.07) is 0. The molecule has 0 aromatic heterocycles. The molecule has 0 aliphatic rings. The van der Waals surface area contributed by atoms with E-state index in [0.29, 0.717) is 5.41 Å². The molecule has 122 valence electrons. The molecule has 0 saturated carbocycles. The summed E-state index contributed by atoms with van der Waals surface area (Å²) in [7, 11) is 0. The van der Waals surface area contributed by atoms with Gasteiger partial charge in [0.2, 0.25) is 0 Å². The van der Waals surface area contributed by atoms with Gasteiger partial charge in [0.25, 0.3) is 0 Å². The quantitative estimate of drug-likeness (QED) is 0.534. The minimum atomic E-state index is 0.443. The number of rotatable bonds is 12. The van der Waals surface area contributed by atoms with E-state index in [9.17, 15) is 0 Å². The summed E-state index contributed by atoms with van der Waals surface area (Å²) in [6.45, 7) is 22.3. The second-order valence-electron chi connectivity index (χ2n) is 7.37. The maximum Gasteiger partial charge on any atom is 0.00502 e. The van der Waals surface area contributed by atoms with Gasteiger partial charge in [-0.2, -0.15) is 0 Å². The van der Waals surface area contributed by atoms with Gasteiger partial charge in [-0.3, -0.25) is 0 Å². The van der Waals surface area contributed by atoms with Crippen molar-refractivity contribution in [2.45, 2.75) is 67.7 Å². The molecule has 0 bridgehead atoms. The molecule has 0 aromatic rings. The Balaban J connectivity index is 4.68. The molecular weight excluding hydrogens is 244 g/mol. The van der Waals surface area contributed by atoms with Gasteiger partial charge in [-0.1, -0.05) is 48.5 Å². The third-order valence-corrected chi connectivity index (χ3v) is 4.23. The molecule has 0 fully saturated rings. The highest BCUT2D eigenvalue weighted by Crippen LogP contribution is 2.27. The second kappa shape index (κ2) is 10.6. The third-order valence-electron chi connectivity index (χ3n) is 4.23. The van der Waals surface area contributed by atoms with Gasteiger partial charge < -0.3 is 10.2 Å². The third kappa shape index (κ3) is 8.26. The summed E-state index contributed by atoms with van der Waals surface area (Å²) in [4.78, 5) is 2.70. The first-order valence-corrected chi connectivity index (χ1v) is 8.82. The summed E-state index contributed by atoms with van der Waals surface area (Å²) < 4.78 is 0. The largest absolute Gasteiger partial charge is 0.316 e. The average Bonchev–Trinajstić information content (AvgIpc) is 2.36. The Kier molecular flexibility index (Phi) is 10.6. The van der Waals surface area contributed by atoms with Gasteiger partial charge in [0, 0.05) is 26.2 Å². The number of nitrogens with zero attached hydrogens (tertiary/aromatic N) is 1. The van der Waals surface area contributed by atoms with Crippen molar-refractivity contribution in [2.24, 2.45) is 17.3 Å². The van der Waals surface area contributed by atoms with E-state index in [-0.39, 0.29) is 0 Å². The Hall–Kier alpha value is -0.0800. The molecule has 0 unspecified atom stereocenters. The van der Waals surface area contributed by atoms with Gasteiger partial charge in [-0.05, 0) is 43.1 Å². The standard InChI is InChI=1S/C18H40N2/c1-8-11-19-14-18(9-2,10-3)15-20(12-16(4)5)13-17(6)7/h16-17,19H,8-15H2,1-7H3. The van der Waals surface area contributed by atoms with Gasteiger partial charge in [0.1, 0.15) is 0 Å². The Morgan fingerprint density at radius 3 is 1.75 bits per heavy atom. The van der Waals surface area contributed by atoms with Crippen LogP contribution in [-0.2, 0) is 0 Å². The Bertz CT molecular complexity index is 209. The Morgan fingerprint density at radius 1 is 0.900 bits per heavy atom. The van der Waals surface area contributed by atoms with Crippen LogP contribution in [0.3, 0.4) is 0 Å². The van der Waals surface area contributed by atoms with Crippen molar-refractivity contribution < 1.29 is 0 Å². The Morgan fingerprint density at radius 2 is 1.40 bits per heavy atom. The van der Waals surface area contributed by atoms with Crippen LogP contribution >= 0.6 is 0 Å². The Labute approximate surface area is 128 Å². The minimum Gasteiger partial charge on any atom is -0.316 e. The smallest absolute Gasteiger partial charge is 0.00502 e. The van der Waals surface area contributed by atoms with Crippen molar-refractivity contribution in [2.75, 3.05) is 32.7 Å². The predicted octanol–water partition coefficient (Wildman–Crippen LogP) is 4.41. The summed E-state index contributed by atoms with van der Waals surface area (Å²) in [5.41, 5.74) is 0.443. The minimum absolute atomic E-state index is 0.443. The predicted molar refractivity (Wildman–Crippen MR) is 92.3 cm³/mol. The van der Waals surface area contributed by atoms with E-state index >= 15 is 0 Å². The van der Waals surface area contributed by atoms with Crippen molar-refractivity contribution in [3.8, 4) is 0 Å². The molecule has 2 heteroatoms. The van der Waals surface area contributed by atoms with Crippen molar-refractivity contribution >= 4 is 0 Å². The van der Waals surface area contributed by atoms with Gasteiger partial charge in [-0.25, -0.2) is 0 Å². The molecule has 0 rings (SSSR count). The summed E-state index contributed by atoms with van der Waals surface area (Å²) >= 11 is 0. The number of hydrogen-bond acceptors (Lipinski definition) is 2. The zero-order valence-electron chi connectivity index (χ0n) is 15.3. The molecule has 0 atom stereocenters. The first kappa shape index (κ1) is 19.9. The molecule has 0 saturated heterocycles. The molecule has 1 N–H and O–H groups in total. The zero-order chi connectivity index (χ0) is 15.6. The highest BCUT2D eigenvalue weighted by Gasteiger charge is 2.28. The van der Waals surface area contributed by atoms with Gasteiger partial charge in [0.15, 0.2) is 0 Å². The molecule has 0 amide bonds. The van der Waals surface area contributed by atoms with Gasteiger partial charge in [-0.15, -0.1) is 0 Å². The molecule has 0 heterocycles. The van der Waals surface area contributed by atoms with E-state index in [2.05, 4.69) is 58.7 Å². The molecule has 20 heavy (non-hydrogen) atoms. The molecule has 0 radical (unpaired) electrons. The molecular formula is C18H40N2. The first-order valence-electron chi connectivity index (χ1n) is 8.82. The topological polar surface area (TPSA) is 15.3 Å². The van der Waals surface area contributed by atoms with Crippen LogP contribution < -0.4 is 5.32 Å². The highest BCUT2D eigenvalue weighted by molar-refractivity contribution is 4.83. The van der Waals surface area contributed by atoms with Crippen molar-refractivity contribution in [3.63, 3.8) is 0 Å². The van der Waals surface area contributed by atoms with Crippen LogP contribution in [0.5, 0.6) is 0 Å². The van der Waals surface area contributed by atoms with Crippen LogP contribution in [0.25, 0.3) is 0 Å². The normalized spacial score (nSPS) is 12.9. The lowest BCUT2D eigenvalue weighted by Crippen LogP contribution is -2.46. The first-order chi connectivity index (χ1) is 9.39. The monoisotopic (exact) mass is 284 g/mol. The van der Waals surface area contributed by atoms with Crippen molar-refractivity contribution in [1.82, 2.24) is 10.2 Å². The van der Waals surface area contributed by atoms with E-state index in [4.69, 9.17) is 0 Å². The fourth-order valence-corrected chi connectivity index (χ4v) is 3.02. The van der Waals surface area contributed by atoms with Crippen LogP contribution in [0.2, 0.25) is 0 Å². The lowest BCUT2D eigenvalue weighted by molar-refractivity contribution is 0.113. The van der Waals surface area contributed by atoms with Gasteiger partial charge in [0.05, 0.1) is 0 Å². The lowest BCUT2D eigenvalue weighted by Gasteiger charge is -2.39. The van der Waals surface area contributed by atoms with Crippen LogP contribution in [0.15, 0.2) is 0 Å². The number of hydrogen-bond donors (Lipinski definition) is 1. The zero-order valence-corrected chi connectivity index (χ0v) is 15.3. The summed E-state index contributed by atoms with van der Waals surface area (Å²) in [5.74, 6) is 1.51. The van der Waals surface area contributed by atoms with Crippen LogP contribution in [0, 0.1) is 17.3 Å². The number of nitrogens with one attached hydrogen (secondary N) is 1. The van der Waals surface area contributed by atoms with E-state index in [0.717, 1.165) is 18.4 Å². The van der Waals surface area contributed by atoms with Crippen LogP contribution in [0.1, 0.15) is 67.7 Å². The summed E-state index contributed by atoms with van der Waals surface area (Å²) in [5, 5.41) is 3.66. The van der Waals surface area contributed by atoms with E-state index in [1.54, 1.807) is 0 Å². The van der Waals surface area contributed by atoms with E-state index in [1.165, 1.54) is 45.4 Å². The molecule has 0 aliphatic carbocycles. The fraction of sp³-hybridized carbons (Fsp3) is 1.00. The van der Waals surface area contributed by atoms with Crippen LogP contribution in [-0.4, -0.2) is 37.6 Å². The average molecular weight is 285 g/mol. The molecule has 2 nitrogen and oxygen atoms in total.